The van der Waals surface area contributed by atoms with Gasteiger partial charge in [-0.15, -0.1) is 0 Å². The molecule has 0 bridgehead atoms. The normalized spacial score (nSPS) is 11.1. The van der Waals surface area contributed by atoms with E-state index < -0.39 is 10.0 Å². The summed E-state index contributed by atoms with van der Waals surface area (Å²) in [6, 6.07) is 17.6. The second-order valence-electron chi connectivity index (χ2n) is 7.70. The second kappa shape index (κ2) is 9.87. The highest BCUT2D eigenvalue weighted by molar-refractivity contribution is 7.92. The number of carbonyl (C=O) groups excluding carboxylic acids is 1. The van der Waals surface area contributed by atoms with E-state index in [1.807, 2.05) is 51.1 Å². The van der Waals surface area contributed by atoms with Gasteiger partial charge in [-0.05, 0) is 74.2 Å². The summed E-state index contributed by atoms with van der Waals surface area (Å²) < 4.78 is 33.6. The van der Waals surface area contributed by atoms with Crippen molar-refractivity contribution in [3.63, 3.8) is 0 Å². The molecule has 3 aromatic carbocycles. The number of aryl methyl sites for hydroxylation is 4. The largest absolute Gasteiger partial charge is 0.483 e. The average molecular weight is 453 g/mol. The van der Waals surface area contributed by atoms with Crippen LogP contribution in [0.2, 0.25) is 0 Å². The van der Waals surface area contributed by atoms with Crippen molar-refractivity contribution in [2.45, 2.75) is 39.0 Å². The van der Waals surface area contributed by atoms with Crippen LogP contribution in [-0.4, -0.2) is 20.9 Å². The van der Waals surface area contributed by atoms with E-state index in [1.54, 1.807) is 25.1 Å². The molecule has 0 aliphatic carbocycles. The maximum atomic E-state index is 12.7. The highest BCUT2D eigenvalue weighted by Gasteiger charge is 2.16. The maximum Gasteiger partial charge on any atom is 0.262 e. The van der Waals surface area contributed by atoms with E-state index in [1.165, 1.54) is 12.1 Å². The Morgan fingerprint density at radius 2 is 1.66 bits per heavy atom. The van der Waals surface area contributed by atoms with Crippen LogP contribution in [-0.2, 0) is 21.2 Å². The molecular formula is C25H28N2O4S. The Kier molecular flexibility index (Phi) is 7.20. The van der Waals surface area contributed by atoms with Crippen molar-refractivity contribution in [1.29, 1.82) is 0 Å². The smallest absolute Gasteiger partial charge is 0.262 e. The Labute approximate surface area is 189 Å². The van der Waals surface area contributed by atoms with Crippen LogP contribution in [0.25, 0.3) is 0 Å². The third-order valence-corrected chi connectivity index (χ3v) is 6.50. The first-order chi connectivity index (χ1) is 15.2. The fourth-order valence-corrected chi connectivity index (χ4v) is 4.45. The van der Waals surface area contributed by atoms with Crippen molar-refractivity contribution in [1.82, 2.24) is 0 Å². The van der Waals surface area contributed by atoms with Gasteiger partial charge in [-0.1, -0.05) is 42.8 Å². The van der Waals surface area contributed by atoms with E-state index in [0.717, 1.165) is 28.8 Å². The van der Waals surface area contributed by atoms with Gasteiger partial charge in [0.1, 0.15) is 5.75 Å². The molecule has 6 nitrogen and oxygen atoms in total. The fraction of sp³-hybridized carbons (Fsp3) is 0.240. The van der Waals surface area contributed by atoms with Gasteiger partial charge in [-0.25, -0.2) is 8.42 Å². The highest BCUT2D eigenvalue weighted by Crippen LogP contribution is 2.24. The summed E-state index contributed by atoms with van der Waals surface area (Å²) in [4.78, 5) is 12.6. The quantitative estimate of drug-likeness (QED) is 0.504. The van der Waals surface area contributed by atoms with Gasteiger partial charge in [0, 0.05) is 11.4 Å². The number of benzene rings is 3. The maximum absolute atomic E-state index is 12.7. The van der Waals surface area contributed by atoms with Gasteiger partial charge in [0.2, 0.25) is 0 Å². The zero-order chi connectivity index (χ0) is 23.3. The topological polar surface area (TPSA) is 84.5 Å². The van der Waals surface area contributed by atoms with Crippen LogP contribution in [0.4, 0.5) is 11.4 Å². The number of nitrogens with one attached hydrogen (secondary N) is 2. The first-order valence-corrected chi connectivity index (χ1v) is 11.9. The number of amides is 1. The summed E-state index contributed by atoms with van der Waals surface area (Å²) in [5.41, 5.74) is 5.02. The van der Waals surface area contributed by atoms with E-state index in [0.29, 0.717) is 17.0 Å². The molecule has 3 aromatic rings. The van der Waals surface area contributed by atoms with E-state index >= 15 is 0 Å². The summed E-state index contributed by atoms with van der Waals surface area (Å²) in [6.45, 7) is 7.49. The summed E-state index contributed by atoms with van der Waals surface area (Å²) in [5, 5.41) is 2.92. The summed E-state index contributed by atoms with van der Waals surface area (Å²) in [7, 11) is -3.73. The number of hydrogen-bond acceptors (Lipinski definition) is 4. The minimum Gasteiger partial charge on any atom is -0.483 e. The number of hydrogen-bond donors (Lipinski definition) is 2. The van der Waals surface area contributed by atoms with E-state index in [9.17, 15) is 13.2 Å². The van der Waals surface area contributed by atoms with Crippen LogP contribution in [0.3, 0.4) is 0 Å². The average Bonchev–Trinajstić information content (AvgIpc) is 2.75. The number of ether oxygens (including phenoxy) is 1. The lowest BCUT2D eigenvalue weighted by atomic mass is 10.1. The Balaban J connectivity index is 1.66. The van der Waals surface area contributed by atoms with Gasteiger partial charge < -0.3 is 10.1 Å². The first-order valence-electron chi connectivity index (χ1n) is 10.4. The number of sulfonamides is 1. The minimum atomic E-state index is -3.73. The Hall–Kier alpha value is -3.32. The number of para-hydroxylation sites is 1. The Morgan fingerprint density at radius 1 is 0.938 bits per heavy atom. The lowest BCUT2D eigenvalue weighted by Gasteiger charge is -2.15. The van der Waals surface area contributed by atoms with Crippen molar-refractivity contribution in [2.75, 3.05) is 16.6 Å². The van der Waals surface area contributed by atoms with Crippen LogP contribution in [0, 0.1) is 20.8 Å². The third kappa shape index (κ3) is 5.68. The van der Waals surface area contributed by atoms with Crippen molar-refractivity contribution in [2.24, 2.45) is 0 Å². The van der Waals surface area contributed by atoms with Crippen molar-refractivity contribution >= 4 is 27.3 Å². The second-order valence-corrected chi connectivity index (χ2v) is 9.38. The predicted molar refractivity (Wildman–Crippen MR) is 128 cm³/mol. The van der Waals surface area contributed by atoms with Crippen LogP contribution >= 0.6 is 0 Å². The Bertz CT molecular complexity index is 1220. The molecule has 0 fully saturated rings. The van der Waals surface area contributed by atoms with E-state index in [-0.39, 0.29) is 17.4 Å². The van der Waals surface area contributed by atoms with Gasteiger partial charge in [-0.2, -0.15) is 0 Å². The third-order valence-electron chi connectivity index (χ3n) is 5.12. The van der Waals surface area contributed by atoms with Crippen LogP contribution in [0.1, 0.15) is 29.2 Å². The standard InChI is InChI=1S/C25H28N2O4S/c1-5-20-8-6-7-18(3)25(20)26-24(28)16-31-23-14-13-22(15-19(23)4)32(29,30)27-21-11-9-17(2)10-12-21/h6-15,27H,5,16H2,1-4H3,(H,26,28). The van der Waals surface area contributed by atoms with Gasteiger partial charge in [0.15, 0.2) is 6.61 Å². The molecule has 7 heteroatoms. The molecule has 0 aliphatic rings. The number of anilines is 2. The lowest BCUT2D eigenvalue weighted by Crippen LogP contribution is -2.21. The van der Waals surface area contributed by atoms with Gasteiger partial charge in [-0.3, -0.25) is 9.52 Å². The fourth-order valence-electron chi connectivity index (χ4n) is 3.31. The van der Waals surface area contributed by atoms with Gasteiger partial charge in [0.25, 0.3) is 15.9 Å². The highest BCUT2D eigenvalue weighted by atomic mass is 32.2. The molecule has 1 amide bonds. The molecule has 0 saturated heterocycles. The molecule has 32 heavy (non-hydrogen) atoms. The van der Waals surface area contributed by atoms with Crippen LogP contribution in [0.15, 0.2) is 65.6 Å². The molecule has 0 aliphatic heterocycles. The molecule has 3 rings (SSSR count). The Morgan fingerprint density at radius 3 is 2.31 bits per heavy atom. The molecule has 0 saturated carbocycles. The monoisotopic (exact) mass is 452 g/mol. The molecule has 0 aromatic heterocycles. The van der Waals surface area contributed by atoms with Crippen molar-refractivity contribution in [3.05, 3.63) is 82.9 Å². The number of rotatable bonds is 8. The van der Waals surface area contributed by atoms with E-state index in [4.69, 9.17) is 4.74 Å². The van der Waals surface area contributed by atoms with Crippen LogP contribution < -0.4 is 14.8 Å². The summed E-state index contributed by atoms with van der Waals surface area (Å²) in [5.74, 6) is 0.182. The summed E-state index contributed by atoms with van der Waals surface area (Å²) in [6.07, 6.45) is 0.809. The number of carbonyl (C=O) groups is 1. The SMILES string of the molecule is CCc1cccc(C)c1NC(=O)COc1ccc(S(=O)(=O)Nc2ccc(C)cc2)cc1C. The lowest BCUT2D eigenvalue weighted by molar-refractivity contribution is -0.118. The zero-order valence-electron chi connectivity index (χ0n) is 18.7. The van der Waals surface area contributed by atoms with Crippen LogP contribution in [0.5, 0.6) is 5.75 Å². The van der Waals surface area contributed by atoms with Gasteiger partial charge >= 0.3 is 0 Å². The summed E-state index contributed by atoms with van der Waals surface area (Å²) >= 11 is 0. The van der Waals surface area contributed by atoms with E-state index in [2.05, 4.69) is 10.0 Å². The molecule has 0 unspecified atom stereocenters. The van der Waals surface area contributed by atoms with Crippen molar-refractivity contribution in [3.8, 4) is 5.75 Å². The molecule has 0 heterocycles. The molecule has 0 atom stereocenters. The molecule has 2 N–H and O–H groups in total. The minimum absolute atomic E-state index is 0.125. The van der Waals surface area contributed by atoms with Crippen molar-refractivity contribution < 1.29 is 17.9 Å². The molecule has 0 radical (unpaired) electrons. The predicted octanol–water partition coefficient (Wildman–Crippen LogP) is 4.99. The molecule has 0 spiro atoms. The molecular weight excluding hydrogens is 424 g/mol. The molecule has 168 valence electrons. The van der Waals surface area contributed by atoms with Gasteiger partial charge in [0.05, 0.1) is 4.90 Å². The zero-order valence-corrected chi connectivity index (χ0v) is 19.5. The first kappa shape index (κ1) is 23.3.